The molecule has 1 fully saturated rings. The molecule has 0 unspecified atom stereocenters. The van der Waals surface area contributed by atoms with Crippen molar-refractivity contribution in [2.45, 2.75) is 25.8 Å². The molecule has 1 aliphatic rings. The lowest BCUT2D eigenvalue weighted by molar-refractivity contribution is 0.141. The summed E-state index contributed by atoms with van der Waals surface area (Å²) < 4.78 is 0. The molecular weight excluding hydrogens is 240 g/mol. The Labute approximate surface area is 111 Å². The van der Waals surface area contributed by atoms with Crippen LogP contribution in [0, 0.1) is 5.41 Å². The molecule has 1 aliphatic carbocycles. The number of aromatic amines is 2. The number of hydrogen-bond donors (Lipinski definition) is 4. The zero-order valence-electron chi connectivity index (χ0n) is 11.0. The van der Waals surface area contributed by atoms with Gasteiger partial charge in [0.15, 0.2) is 0 Å². The summed E-state index contributed by atoms with van der Waals surface area (Å²) >= 11 is 0. The van der Waals surface area contributed by atoms with Gasteiger partial charge < -0.3 is 21.0 Å². The lowest BCUT2D eigenvalue weighted by atomic mass is 9.69. The first-order chi connectivity index (χ1) is 9.21. The second kappa shape index (κ2) is 4.83. The summed E-state index contributed by atoms with van der Waals surface area (Å²) in [6.07, 6.45) is 3.77. The molecule has 19 heavy (non-hydrogen) atoms. The zero-order chi connectivity index (χ0) is 13.3. The summed E-state index contributed by atoms with van der Waals surface area (Å²) in [7, 11) is 0. The average molecular weight is 260 g/mol. The molecule has 0 radical (unpaired) electrons. The minimum absolute atomic E-state index is 0.156. The Balaban J connectivity index is 1.63. The quantitative estimate of drug-likeness (QED) is 0.648. The first kappa shape index (κ1) is 12.4. The topological polar surface area (TPSA) is 86.7 Å². The van der Waals surface area contributed by atoms with Crippen molar-refractivity contribution in [3.05, 3.63) is 34.2 Å². The van der Waals surface area contributed by atoms with Gasteiger partial charge in [0.2, 0.25) is 0 Å². The van der Waals surface area contributed by atoms with Crippen molar-refractivity contribution in [1.29, 1.82) is 0 Å². The van der Waals surface area contributed by atoms with Gasteiger partial charge in [-0.25, -0.2) is 4.79 Å². The minimum atomic E-state index is -0.156. The molecule has 0 amide bonds. The zero-order valence-corrected chi connectivity index (χ0v) is 11.0. The van der Waals surface area contributed by atoms with E-state index < -0.39 is 0 Å². The smallest absolute Gasteiger partial charge is 0.323 e. The number of nitrogens with two attached hydrogens (primary N) is 1. The number of rotatable bonds is 5. The number of H-pyrrole nitrogens is 2. The molecule has 102 valence electrons. The second-order valence-corrected chi connectivity index (χ2v) is 5.62. The number of fused-ring (bicyclic) bond motifs is 1. The van der Waals surface area contributed by atoms with E-state index in [9.17, 15) is 4.79 Å². The van der Waals surface area contributed by atoms with Gasteiger partial charge in [0.1, 0.15) is 0 Å². The van der Waals surface area contributed by atoms with Crippen LogP contribution in [-0.4, -0.2) is 23.1 Å². The first-order valence-electron chi connectivity index (χ1n) is 6.83. The number of aromatic nitrogens is 2. The van der Waals surface area contributed by atoms with Crippen LogP contribution >= 0.6 is 0 Å². The van der Waals surface area contributed by atoms with Crippen LogP contribution in [0.1, 0.15) is 24.8 Å². The van der Waals surface area contributed by atoms with Crippen LogP contribution in [0.2, 0.25) is 0 Å². The van der Waals surface area contributed by atoms with E-state index in [0.717, 1.165) is 30.7 Å². The number of hydrogen-bond acceptors (Lipinski definition) is 3. The van der Waals surface area contributed by atoms with Crippen molar-refractivity contribution in [3.8, 4) is 0 Å². The molecule has 5 heteroatoms. The van der Waals surface area contributed by atoms with Crippen molar-refractivity contribution in [2.75, 3.05) is 13.1 Å². The standard InChI is InChI=1S/C14H20N4O/c15-8-14(4-1-5-14)9-16-7-10-2-3-11-12(6-10)18-13(19)17-11/h2-3,6,16H,1,4-5,7-9,15H2,(H2,17,18,19). The molecule has 1 heterocycles. The van der Waals surface area contributed by atoms with E-state index in [-0.39, 0.29) is 5.69 Å². The van der Waals surface area contributed by atoms with Gasteiger partial charge in [-0.05, 0) is 42.5 Å². The lowest BCUT2D eigenvalue weighted by Gasteiger charge is -2.41. The van der Waals surface area contributed by atoms with Crippen molar-refractivity contribution < 1.29 is 0 Å². The number of benzene rings is 1. The molecule has 0 saturated heterocycles. The summed E-state index contributed by atoms with van der Waals surface area (Å²) in [5, 5.41) is 3.48. The molecule has 5 nitrogen and oxygen atoms in total. The van der Waals surface area contributed by atoms with Crippen LogP contribution < -0.4 is 16.7 Å². The molecule has 2 aromatic rings. The Morgan fingerprint density at radius 3 is 2.74 bits per heavy atom. The van der Waals surface area contributed by atoms with Crippen LogP contribution in [0.4, 0.5) is 0 Å². The molecule has 5 N–H and O–H groups in total. The summed E-state index contributed by atoms with van der Waals surface area (Å²) in [5.41, 5.74) is 8.90. The van der Waals surface area contributed by atoms with Crippen molar-refractivity contribution in [2.24, 2.45) is 11.1 Å². The van der Waals surface area contributed by atoms with Crippen molar-refractivity contribution in [3.63, 3.8) is 0 Å². The molecule has 1 aromatic heterocycles. The fourth-order valence-electron chi connectivity index (χ4n) is 2.79. The van der Waals surface area contributed by atoms with Gasteiger partial charge in [0.05, 0.1) is 11.0 Å². The molecule has 0 spiro atoms. The predicted molar refractivity (Wildman–Crippen MR) is 76.0 cm³/mol. The van der Waals surface area contributed by atoms with Gasteiger partial charge in [-0.2, -0.15) is 0 Å². The largest absolute Gasteiger partial charge is 0.330 e. The van der Waals surface area contributed by atoms with E-state index in [1.54, 1.807) is 0 Å². The second-order valence-electron chi connectivity index (χ2n) is 5.62. The fraction of sp³-hybridized carbons (Fsp3) is 0.500. The fourth-order valence-corrected chi connectivity index (χ4v) is 2.79. The van der Waals surface area contributed by atoms with Crippen molar-refractivity contribution in [1.82, 2.24) is 15.3 Å². The highest BCUT2D eigenvalue weighted by atomic mass is 16.1. The van der Waals surface area contributed by atoms with Gasteiger partial charge in [0, 0.05) is 13.1 Å². The maximum absolute atomic E-state index is 11.2. The van der Waals surface area contributed by atoms with Gasteiger partial charge >= 0.3 is 5.69 Å². The highest BCUT2D eigenvalue weighted by molar-refractivity contribution is 5.74. The van der Waals surface area contributed by atoms with E-state index in [2.05, 4.69) is 15.3 Å². The van der Waals surface area contributed by atoms with Crippen LogP contribution in [0.15, 0.2) is 23.0 Å². The third kappa shape index (κ3) is 2.43. The van der Waals surface area contributed by atoms with Crippen molar-refractivity contribution >= 4 is 11.0 Å². The first-order valence-corrected chi connectivity index (χ1v) is 6.83. The summed E-state index contributed by atoms with van der Waals surface area (Å²) in [4.78, 5) is 16.7. The summed E-state index contributed by atoms with van der Waals surface area (Å²) in [6, 6.07) is 5.98. The third-order valence-corrected chi connectivity index (χ3v) is 4.26. The normalized spacial score (nSPS) is 17.5. The van der Waals surface area contributed by atoms with Crippen LogP contribution in [-0.2, 0) is 6.54 Å². The Bertz CT molecular complexity index is 618. The van der Waals surface area contributed by atoms with Gasteiger partial charge in [-0.3, -0.25) is 0 Å². The maximum atomic E-state index is 11.2. The molecular formula is C14H20N4O. The van der Waals surface area contributed by atoms with E-state index in [1.807, 2.05) is 18.2 Å². The van der Waals surface area contributed by atoms with Gasteiger partial charge in [0.25, 0.3) is 0 Å². The molecule has 0 atom stereocenters. The predicted octanol–water partition coefficient (Wildman–Crippen LogP) is 1.07. The van der Waals surface area contributed by atoms with Gasteiger partial charge in [-0.1, -0.05) is 12.5 Å². The van der Waals surface area contributed by atoms with Crippen LogP contribution in [0.5, 0.6) is 0 Å². The Morgan fingerprint density at radius 2 is 2.05 bits per heavy atom. The number of imidazole rings is 1. The molecule has 0 aliphatic heterocycles. The summed E-state index contributed by atoms with van der Waals surface area (Å²) in [6.45, 7) is 2.56. The van der Waals surface area contributed by atoms with Crippen LogP contribution in [0.25, 0.3) is 11.0 Å². The maximum Gasteiger partial charge on any atom is 0.323 e. The highest BCUT2D eigenvalue weighted by Crippen LogP contribution is 2.39. The minimum Gasteiger partial charge on any atom is -0.330 e. The monoisotopic (exact) mass is 260 g/mol. The molecule has 1 saturated carbocycles. The summed E-state index contributed by atoms with van der Waals surface area (Å²) in [5.74, 6) is 0. The lowest BCUT2D eigenvalue weighted by Crippen LogP contribution is -2.45. The molecule has 3 rings (SSSR count). The number of nitrogens with one attached hydrogen (secondary N) is 3. The van der Waals surface area contributed by atoms with E-state index in [0.29, 0.717) is 5.41 Å². The Morgan fingerprint density at radius 1 is 1.26 bits per heavy atom. The van der Waals surface area contributed by atoms with E-state index >= 15 is 0 Å². The van der Waals surface area contributed by atoms with Gasteiger partial charge in [-0.15, -0.1) is 0 Å². The Kier molecular flexibility index (Phi) is 3.16. The third-order valence-electron chi connectivity index (χ3n) is 4.26. The SMILES string of the molecule is NCC1(CNCc2ccc3[nH]c(=O)[nH]c3c2)CCC1. The van der Waals surface area contributed by atoms with Crippen LogP contribution in [0.3, 0.4) is 0 Å². The van der Waals surface area contributed by atoms with E-state index in [4.69, 9.17) is 5.73 Å². The molecule has 0 bridgehead atoms. The van der Waals surface area contributed by atoms with E-state index in [1.165, 1.54) is 24.8 Å². The average Bonchev–Trinajstić information content (AvgIpc) is 2.72. The highest BCUT2D eigenvalue weighted by Gasteiger charge is 2.34. The molecule has 1 aromatic carbocycles. The Hall–Kier alpha value is -1.59.